The van der Waals surface area contributed by atoms with E-state index < -0.39 is 0 Å². The van der Waals surface area contributed by atoms with Crippen molar-refractivity contribution in [2.75, 3.05) is 24.8 Å². The molecule has 0 saturated carbocycles. The van der Waals surface area contributed by atoms with E-state index in [0.29, 0.717) is 19.1 Å². The summed E-state index contributed by atoms with van der Waals surface area (Å²) in [6, 6.07) is 1.91. The van der Waals surface area contributed by atoms with Gasteiger partial charge in [-0.3, -0.25) is 0 Å². The van der Waals surface area contributed by atoms with Crippen LogP contribution >= 0.6 is 0 Å². The SMILES string of the molecule is COCCCn1cnnc1CNc1ncc(C#N)c(N)n1. The summed E-state index contributed by atoms with van der Waals surface area (Å²) in [6.45, 7) is 1.87. The van der Waals surface area contributed by atoms with Gasteiger partial charge in [-0.1, -0.05) is 0 Å². The Kier molecular flexibility index (Phi) is 5.00. The lowest BCUT2D eigenvalue weighted by atomic mass is 10.3. The molecule has 0 aromatic carbocycles. The minimum Gasteiger partial charge on any atom is -0.385 e. The van der Waals surface area contributed by atoms with Crippen molar-refractivity contribution in [3.8, 4) is 6.07 Å². The second-order valence-corrected chi connectivity index (χ2v) is 4.24. The van der Waals surface area contributed by atoms with Crippen LogP contribution in [0.25, 0.3) is 0 Å². The van der Waals surface area contributed by atoms with Gasteiger partial charge in [-0.05, 0) is 6.42 Å². The first-order valence-electron chi connectivity index (χ1n) is 6.36. The predicted molar refractivity (Wildman–Crippen MR) is 75.0 cm³/mol. The lowest BCUT2D eigenvalue weighted by molar-refractivity contribution is 0.190. The summed E-state index contributed by atoms with van der Waals surface area (Å²) < 4.78 is 6.94. The number of hydrogen-bond acceptors (Lipinski definition) is 8. The summed E-state index contributed by atoms with van der Waals surface area (Å²) in [5.74, 6) is 1.26. The van der Waals surface area contributed by atoms with E-state index in [2.05, 4.69) is 25.5 Å². The third-order valence-corrected chi connectivity index (χ3v) is 2.79. The minimum atomic E-state index is 0.150. The quantitative estimate of drug-likeness (QED) is 0.690. The maximum Gasteiger partial charge on any atom is 0.225 e. The van der Waals surface area contributed by atoms with Crippen molar-refractivity contribution in [2.24, 2.45) is 0 Å². The van der Waals surface area contributed by atoms with Crippen LogP contribution in [0.15, 0.2) is 12.5 Å². The van der Waals surface area contributed by atoms with E-state index in [1.165, 1.54) is 6.20 Å². The maximum atomic E-state index is 8.77. The van der Waals surface area contributed by atoms with Crippen molar-refractivity contribution in [3.63, 3.8) is 0 Å². The Labute approximate surface area is 121 Å². The Hall–Kier alpha value is -2.73. The molecule has 9 nitrogen and oxygen atoms in total. The van der Waals surface area contributed by atoms with Gasteiger partial charge in [-0.25, -0.2) is 4.98 Å². The topological polar surface area (TPSA) is 128 Å². The van der Waals surface area contributed by atoms with Crippen molar-refractivity contribution in [3.05, 3.63) is 23.9 Å². The molecule has 9 heteroatoms. The van der Waals surface area contributed by atoms with E-state index in [4.69, 9.17) is 15.7 Å². The minimum absolute atomic E-state index is 0.150. The van der Waals surface area contributed by atoms with Gasteiger partial charge in [-0.2, -0.15) is 10.2 Å². The summed E-state index contributed by atoms with van der Waals surface area (Å²) >= 11 is 0. The standard InChI is InChI=1S/C12H16N8O/c1-21-4-2-3-20-8-17-19-10(20)7-16-12-15-6-9(5-13)11(14)18-12/h6,8H,2-4,7H2,1H3,(H3,14,15,16,18). The highest BCUT2D eigenvalue weighted by molar-refractivity contribution is 5.49. The molecule has 0 atom stereocenters. The second-order valence-electron chi connectivity index (χ2n) is 4.24. The Balaban J connectivity index is 1.95. The number of nitriles is 1. The van der Waals surface area contributed by atoms with E-state index in [-0.39, 0.29) is 11.4 Å². The van der Waals surface area contributed by atoms with Crippen molar-refractivity contribution in [1.29, 1.82) is 5.26 Å². The van der Waals surface area contributed by atoms with Gasteiger partial charge in [0.15, 0.2) is 5.82 Å². The van der Waals surface area contributed by atoms with Gasteiger partial charge in [0.1, 0.15) is 23.8 Å². The molecule has 110 valence electrons. The predicted octanol–water partition coefficient (Wildman–Crippen LogP) is 0.171. The number of aromatic nitrogens is 5. The van der Waals surface area contributed by atoms with Crippen LogP contribution in [-0.2, 0) is 17.8 Å². The van der Waals surface area contributed by atoms with Gasteiger partial charge in [0.2, 0.25) is 5.95 Å². The zero-order valence-electron chi connectivity index (χ0n) is 11.7. The Morgan fingerprint density at radius 1 is 1.52 bits per heavy atom. The number of rotatable bonds is 7. The highest BCUT2D eigenvalue weighted by atomic mass is 16.5. The van der Waals surface area contributed by atoms with Crippen LogP contribution in [0.1, 0.15) is 17.8 Å². The lowest BCUT2D eigenvalue weighted by Crippen LogP contribution is -2.12. The first kappa shape index (κ1) is 14.7. The molecule has 3 N–H and O–H groups in total. The summed E-state index contributed by atoms with van der Waals surface area (Å²) in [4.78, 5) is 8.02. The molecule has 0 unspecified atom stereocenters. The molecule has 0 amide bonds. The number of nitrogens with one attached hydrogen (secondary N) is 1. The van der Waals surface area contributed by atoms with E-state index in [1.54, 1.807) is 13.4 Å². The highest BCUT2D eigenvalue weighted by Gasteiger charge is 2.07. The molecule has 0 fully saturated rings. The third kappa shape index (κ3) is 3.87. The molecule has 0 radical (unpaired) electrons. The number of methoxy groups -OCH3 is 1. The largest absolute Gasteiger partial charge is 0.385 e. The van der Waals surface area contributed by atoms with Gasteiger partial charge >= 0.3 is 0 Å². The fourth-order valence-corrected chi connectivity index (χ4v) is 1.71. The highest BCUT2D eigenvalue weighted by Crippen LogP contribution is 2.09. The van der Waals surface area contributed by atoms with Gasteiger partial charge in [-0.15, -0.1) is 10.2 Å². The monoisotopic (exact) mass is 288 g/mol. The van der Waals surface area contributed by atoms with E-state index in [9.17, 15) is 0 Å². The fourth-order valence-electron chi connectivity index (χ4n) is 1.71. The number of anilines is 2. The van der Waals surface area contributed by atoms with Crippen LogP contribution in [-0.4, -0.2) is 38.4 Å². The summed E-state index contributed by atoms with van der Waals surface area (Å²) in [5, 5.41) is 19.7. The molecule has 2 aromatic rings. The van der Waals surface area contributed by atoms with Crippen LogP contribution in [0.4, 0.5) is 11.8 Å². The van der Waals surface area contributed by atoms with Gasteiger partial charge in [0.25, 0.3) is 0 Å². The zero-order chi connectivity index (χ0) is 15.1. The maximum absolute atomic E-state index is 8.77. The van der Waals surface area contributed by atoms with Crippen molar-refractivity contribution >= 4 is 11.8 Å². The molecule has 2 aromatic heterocycles. The van der Waals surface area contributed by atoms with Crippen LogP contribution < -0.4 is 11.1 Å². The van der Waals surface area contributed by atoms with Crippen molar-refractivity contribution in [1.82, 2.24) is 24.7 Å². The van der Waals surface area contributed by atoms with Gasteiger partial charge in [0, 0.05) is 20.3 Å². The molecule has 0 saturated heterocycles. The molecule has 21 heavy (non-hydrogen) atoms. The van der Waals surface area contributed by atoms with Crippen LogP contribution in [0.5, 0.6) is 0 Å². The molecule has 2 rings (SSSR count). The van der Waals surface area contributed by atoms with E-state index in [0.717, 1.165) is 18.8 Å². The Morgan fingerprint density at radius 3 is 3.10 bits per heavy atom. The molecule has 0 aliphatic heterocycles. The average molecular weight is 288 g/mol. The zero-order valence-corrected chi connectivity index (χ0v) is 11.7. The molecular formula is C12H16N8O. The smallest absolute Gasteiger partial charge is 0.225 e. The van der Waals surface area contributed by atoms with Gasteiger partial charge < -0.3 is 20.4 Å². The average Bonchev–Trinajstić information content (AvgIpc) is 2.93. The Bertz CT molecular complexity index is 632. The third-order valence-electron chi connectivity index (χ3n) is 2.79. The van der Waals surface area contributed by atoms with Crippen LogP contribution in [0, 0.1) is 11.3 Å². The number of nitrogen functional groups attached to an aromatic ring is 1. The molecular weight excluding hydrogens is 272 g/mol. The van der Waals surface area contributed by atoms with Crippen LogP contribution in [0.3, 0.4) is 0 Å². The molecule has 0 bridgehead atoms. The van der Waals surface area contributed by atoms with Gasteiger partial charge in [0.05, 0.1) is 12.7 Å². The number of ether oxygens (including phenoxy) is 1. The number of nitrogens with two attached hydrogens (primary N) is 1. The molecule has 0 aliphatic carbocycles. The lowest BCUT2D eigenvalue weighted by Gasteiger charge is -2.08. The molecule has 0 spiro atoms. The number of nitrogens with zero attached hydrogens (tertiary/aromatic N) is 6. The van der Waals surface area contributed by atoms with Crippen molar-refractivity contribution in [2.45, 2.75) is 19.5 Å². The summed E-state index contributed by atoms with van der Waals surface area (Å²) in [6.07, 6.45) is 3.93. The van der Waals surface area contributed by atoms with Crippen molar-refractivity contribution < 1.29 is 4.74 Å². The number of hydrogen-bond donors (Lipinski definition) is 2. The first-order chi connectivity index (χ1) is 10.2. The van der Waals surface area contributed by atoms with E-state index >= 15 is 0 Å². The summed E-state index contributed by atoms with van der Waals surface area (Å²) in [7, 11) is 1.67. The molecule has 2 heterocycles. The number of aryl methyl sites for hydroxylation is 1. The van der Waals surface area contributed by atoms with Crippen LogP contribution in [0.2, 0.25) is 0 Å². The summed E-state index contributed by atoms with van der Waals surface area (Å²) in [5.41, 5.74) is 5.88. The second kappa shape index (κ2) is 7.16. The fraction of sp³-hybridized carbons (Fsp3) is 0.417. The van der Waals surface area contributed by atoms with E-state index in [1.807, 2.05) is 10.6 Å². The Morgan fingerprint density at radius 2 is 2.38 bits per heavy atom. The first-order valence-corrected chi connectivity index (χ1v) is 6.36. The molecule has 0 aliphatic rings. The normalized spacial score (nSPS) is 10.3.